The fourth-order valence-corrected chi connectivity index (χ4v) is 3.48. The van der Waals surface area contributed by atoms with Crippen LogP contribution in [0.4, 0.5) is 0 Å². The minimum atomic E-state index is 0.0547. The lowest BCUT2D eigenvalue weighted by Gasteiger charge is -2.17. The summed E-state index contributed by atoms with van der Waals surface area (Å²) >= 11 is 1.67. The molecule has 1 N–H and O–H groups in total. The monoisotopic (exact) mass is 306 g/mol. The van der Waals surface area contributed by atoms with Gasteiger partial charge in [-0.2, -0.15) is 4.98 Å². The van der Waals surface area contributed by atoms with Gasteiger partial charge in [0, 0.05) is 23.5 Å². The van der Waals surface area contributed by atoms with E-state index in [1.165, 1.54) is 32.1 Å². The van der Waals surface area contributed by atoms with Crippen LogP contribution in [-0.2, 0) is 6.54 Å². The van der Waals surface area contributed by atoms with Crippen LogP contribution in [0.5, 0.6) is 0 Å². The highest BCUT2D eigenvalue weighted by Crippen LogP contribution is 2.31. The molecule has 0 unspecified atom stereocenters. The van der Waals surface area contributed by atoms with E-state index in [0.29, 0.717) is 11.8 Å². The Morgan fingerprint density at radius 3 is 2.86 bits per heavy atom. The smallest absolute Gasteiger partial charge is 0.243 e. The first kappa shape index (κ1) is 14.7. The van der Waals surface area contributed by atoms with Crippen LogP contribution in [0.2, 0.25) is 0 Å². The minimum Gasteiger partial charge on any atom is -0.338 e. The summed E-state index contributed by atoms with van der Waals surface area (Å²) in [7, 11) is 0. The second kappa shape index (κ2) is 6.66. The minimum absolute atomic E-state index is 0.0547. The number of nitrogens with one attached hydrogen (secondary N) is 1. The summed E-state index contributed by atoms with van der Waals surface area (Å²) in [5.41, 5.74) is 1.07. The molecule has 0 radical (unpaired) electrons. The number of nitrogens with zero attached hydrogens (tertiary/aromatic N) is 3. The summed E-state index contributed by atoms with van der Waals surface area (Å²) in [5, 5.41) is 10.7. The molecule has 21 heavy (non-hydrogen) atoms. The average molecular weight is 306 g/mol. The maximum Gasteiger partial charge on any atom is 0.243 e. The normalized spacial score (nSPS) is 18.0. The van der Waals surface area contributed by atoms with Crippen LogP contribution in [0.25, 0.3) is 0 Å². The topological polar surface area (TPSA) is 63.8 Å². The molecule has 6 heteroatoms. The van der Waals surface area contributed by atoms with Gasteiger partial charge in [-0.3, -0.25) is 5.32 Å². The van der Waals surface area contributed by atoms with E-state index in [0.717, 1.165) is 23.1 Å². The van der Waals surface area contributed by atoms with Crippen molar-refractivity contribution in [3.8, 4) is 0 Å². The van der Waals surface area contributed by atoms with Gasteiger partial charge in [0.2, 0.25) is 5.89 Å². The second-order valence-electron chi connectivity index (χ2n) is 5.81. The van der Waals surface area contributed by atoms with E-state index in [1.54, 1.807) is 11.3 Å². The van der Waals surface area contributed by atoms with Gasteiger partial charge in [0.05, 0.1) is 6.04 Å². The van der Waals surface area contributed by atoms with Crippen molar-refractivity contribution in [3.05, 3.63) is 27.8 Å². The molecule has 0 amide bonds. The van der Waals surface area contributed by atoms with E-state index in [9.17, 15) is 0 Å². The maximum atomic E-state index is 5.43. The van der Waals surface area contributed by atoms with Crippen molar-refractivity contribution in [2.75, 3.05) is 0 Å². The van der Waals surface area contributed by atoms with E-state index in [2.05, 4.69) is 32.7 Å². The molecule has 0 saturated heterocycles. The molecule has 2 aromatic heterocycles. The molecule has 2 aromatic rings. The van der Waals surface area contributed by atoms with Crippen LogP contribution < -0.4 is 5.32 Å². The third-order valence-corrected chi connectivity index (χ3v) is 4.99. The average Bonchev–Trinajstić information content (AvgIpc) is 3.15. The van der Waals surface area contributed by atoms with Gasteiger partial charge in [-0.15, -0.1) is 11.3 Å². The predicted molar refractivity (Wildman–Crippen MR) is 82.2 cm³/mol. The highest BCUT2D eigenvalue weighted by molar-refractivity contribution is 7.09. The molecule has 114 valence electrons. The predicted octanol–water partition coefficient (Wildman–Crippen LogP) is 3.73. The first-order chi connectivity index (χ1) is 10.2. The lowest BCUT2D eigenvalue weighted by molar-refractivity contribution is 0.329. The van der Waals surface area contributed by atoms with Gasteiger partial charge in [-0.05, 0) is 26.7 Å². The number of thiazole rings is 1. The largest absolute Gasteiger partial charge is 0.338 e. The summed E-state index contributed by atoms with van der Waals surface area (Å²) in [6.07, 6.45) is 6.29. The molecule has 0 aromatic carbocycles. The second-order valence-corrected chi connectivity index (χ2v) is 6.75. The molecule has 1 aliphatic rings. The highest BCUT2D eigenvalue weighted by Gasteiger charge is 2.22. The van der Waals surface area contributed by atoms with Crippen molar-refractivity contribution in [1.82, 2.24) is 20.4 Å². The van der Waals surface area contributed by atoms with Crippen molar-refractivity contribution in [3.63, 3.8) is 0 Å². The zero-order chi connectivity index (χ0) is 14.7. The van der Waals surface area contributed by atoms with Gasteiger partial charge < -0.3 is 4.52 Å². The van der Waals surface area contributed by atoms with Crippen LogP contribution in [0.1, 0.15) is 73.4 Å². The van der Waals surface area contributed by atoms with E-state index in [-0.39, 0.29) is 6.04 Å². The SMILES string of the molecule is Cc1csc(CN[C@@H](C)c2nc(C3CCCCC3)no2)n1. The van der Waals surface area contributed by atoms with Crippen LogP contribution >= 0.6 is 11.3 Å². The summed E-state index contributed by atoms with van der Waals surface area (Å²) < 4.78 is 5.43. The summed E-state index contributed by atoms with van der Waals surface area (Å²) in [6.45, 7) is 4.80. The lowest BCUT2D eigenvalue weighted by atomic mass is 9.89. The third kappa shape index (κ3) is 3.68. The highest BCUT2D eigenvalue weighted by atomic mass is 32.1. The molecule has 0 aliphatic heterocycles. The molecule has 1 atom stereocenters. The molecule has 3 rings (SSSR count). The van der Waals surface area contributed by atoms with Gasteiger partial charge in [-0.1, -0.05) is 24.4 Å². The zero-order valence-corrected chi connectivity index (χ0v) is 13.4. The van der Waals surface area contributed by atoms with Crippen LogP contribution in [0.3, 0.4) is 0 Å². The van der Waals surface area contributed by atoms with E-state index in [1.807, 2.05) is 6.92 Å². The fourth-order valence-electron chi connectivity index (χ4n) is 2.76. The zero-order valence-electron chi connectivity index (χ0n) is 12.6. The number of hydrogen-bond donors (Lipinski definition) is 1. The molecule has 2 heterocycles. The first-order valence-corrected chi connectivity index (χ1v) is 8.58. The Morgan fingerprint density at radius 1 is 1.33 bits per heavy atom. The Bertz CT molecular complexity index is 574. The van der Waals surface area contributed by atoms with Gasteiger partial charge in [-0.25, -0.2) is 4.98 Å². The third-order valence-electron chi connectivity index (χ3n) is 4.02. The quantitative estimate of drug-likeness (QED) is 0.911. The Balaban J connectivity index is 1.57. The van der Waals surface area contributed by atoms with Gasteiger partial charge >= 0.3 is 0 Å². The summed E-state index contributed by atoms with van der Waals surface area (Å²) in [4.78, 5) is 9.04. The Kier molecular flexibility index (Phi) is 4.65. The van der Waals surface area contributed by atoms with E-state index >= 15 is 0 Å². The Labute approximate surface area is 129 Å². The first-order valence-electron chi connectivity index (χ1n) is 7.70. The maximum absolute atomic E-state index is 5.43. The number of aromatic nitrogens is 3. The van der Waals surface area contributed by atoms with Crippen molar-refractivity contribution >= 4 is 11.3 Å². The molecular formula is C15H22N4OS. The molecule has 1 aliphatic carbocycles. The molecular weight excluding hydrogens is 284 g/mol. The Morgan fingerprint density at radius 2 is 2.14 bits per heavy atom. The number of hydrogen-bond acceptors (Lipinski definition) is 6. The van der Waals surface area contributed by atoms with Crippen LogP contribution in [-0.4, -0.2) is 15.1 Å². The van der Waals surface area contributed by atoms with Crippen molar-refractivity contribution in [2.24, 2.45) is 0 Å². The number of rotatable bonds is 5. The van der Waals surface area contributed by atoms with Crippen molar-refractivity contribution < 1.29 is 4.52 Å². The molecule has 5 nitrogen and oxygen atoms in total. The summed E-state index contributed by atoms with van der Waals surface area (Å²) in [6, 6.07) is 0.0547. The summed E-state index contributed by atoms with van der Waals surface area (Å²) in [5.74, 6) is 2.07. The molecule has 1 fully saturated rings. The van der Waals surface area contributed by atoms with Crippen molar-refractivity contribution in [1.29, 1.82) is 0 Å². The Hall–Kier alpha value is -1.27. The fraction of sp³-hybridized carbons (Fsp3) is 0.667. The van der Waals surface area contributed by atoms with E-state index < -0.39 is 0 Å². The number of aryl methyl sites for hydroxylation is 1. The standard InChI is InChI=1S/C15H22N4OS/c1-10-9-21-13(17-10)8-16-11(2)15-18-14(19-20-15)12-6-4-3-5-7-12/h9,11-12,16H,3-8H2,1-2H3/t11-/m0/s1. The molecule has 0 spiro atoms. The van der Waals surface area contributed by atoms with Crippen molar-refractivity contribution in [2.45, 2.75) is 64.5 Å². The van der Waals surface area contributed by atoms with Gasteiger partial charge in [0.1, 0.15) is 5.01 Å². The molecule has 0 bridgehead atoms. The van der Waals surface area contributed by atoms with Gasteiger partial charge in [0.25, 0.3) is 0 Å². The van der Waals surface area contributed by atoms with Crippen LogP contribution in [0, 0.1) is 6.92 Å². The van der Waals surface area contributed by atoms with Gasteiger partial charge in [0.15, 0.2) is 5.82 Å². The lowest BCUT2D eigenvalue weighted by Crippen LogP contribution is -2.18. The van der Waals surface area contributed by atoms with Crippen LogP contribution in [0.15, 0.2) is 9.90 Å². The van der Waals surface area contributed by atoms with E-state index in [4.69, 9.17) is 4.52 Å². The molecule has 1 saturated carbocycles.